The van der Waals surface area contributed by atoms with Crippen molar-refractivity contribution in [3.05, 3.63) is 17.3 Å². The molecule has 5 heteroatoms. The lowest BCUT2D eigenvalue weighted by molar-refractivity contribution is 0.217. The summed E-state index contributed by atoms with van der Waals surface area (Å²) in [5.74, 6) is 1.83. The monoisotopic (exact) mass is 278 g/mol. The van der Waals surface area contributed by atoms with Crippen LogP contribution in [0.4, 0.5) is 5.82 Å². The second-order valence-electron chi connectivity index (χ2n) is 4.76. The van der Waals surface area contributed by atoms with E-state index in [1.807, 2.05) is 7.05 Å². The molecule has 0 radical (unpaired) electrons. The first-order valence-corrected chi connectivity index (χ1v) is 7.69. The van der Waals surface area contributed by atoms with Crippen molar-refractivity contribution in [3.8, 4) is 0 Å². The summed E-state index contributed by atoms with van der Waals surface area (Å²) >= 11 is 1.67. The lowest BCUT2D eigenvalue weighted by Crippen LogP contribution is -2.30. The van der Waals surface area contributed by atoms with E-state index in [0.29, 0.717) is 6.04 Å². The van der Waals surface area contributed by atoms with E-state index in [1.54, 1.807) is 11.3 Å². The third-order valence-corrected chi connectivity index (χ3v) is 4.37. The maximum Gasteiger partial charge on any atom is 0.146 e. The molecule has 2 rings (SSSR count). The number of fused-ring (bicyclic) bond motifs is 1. The van der Waals surface area contributed by atoms with Crippen molar-refractivity contribution in [2.75, 3.05) is 19.4 Å². The predicted octanol–water partition coefficient (Wildman–Crippen LogP) is 3.35. The molecule has 4 nitrogen and oxygen atoms in total. The van der Waals surface area contributed by atoms with E-state index in [0.717, 1.165) is 41.2 Å². The van der Waals surface area contributed by atoms with Crippen LogP contribution >= 0.6 is 11.3 Å². The molecule has 19 heavy (non-hydrogen) atoms. The summed E-state index contributed by atoms with van der Waals surface area (Å²) < 4.78 is 0. The molecule has 0 atom stereocenters. The molecule has 104 valence electrons. The fourth-order valence-electron chi connectivity index (χ4n) is 2.43. The van der Waals surface area contributed by atoms with E-state index >= 15 is 0 Å². The van der Waals surface area contributed by atoms with Crippen molar-refractivity contribution < 1.29 is 0 Å². The van der Waals surface area contributed by atoms with Crippen molar-refractivity contribution in [1.29, 1.82) is 0 Å². The Morgan fingerprint density at radius 1 is 1.32 bits per heavy atom. The van der Waals surface area contributed by atoms with Crippen molar-refractivity contribution in [2.24, 2.45) is 0 Å². The number of hydrogen-bond acceptors (Lipinski definition) is 5. The van der Waals surface area contributed by atoms with Crippen LogP contribution < -0.4 is 5.32 Å². The van der Waals surface area contributed by atoms with Gasteiger partial charge in [0.15, 0.2) is 0 Å². The van der Waals surface area contributed by atoms with E-state index < -0.39 is 0 Å². The molecule has 1 N–H and O–H groups in total. The van der Waals surface area contributed by atoms with Crippen molar-refractivity contribution in [3.63, 3.8) is 0 Å². The SMILES string of the molecule is CCC(CC)N(C)Cc1nc(NC)c2ccsc2n1. The summed E-state index contributed by atoms with van der Waals surface area (Å²) in [6, 6.07) is 2.67. The van der Waals surface area contributed by atoms with Crippen LogP contribution in [0, 0.1) is 0 Å². The van der Waals surface area contributed by atoms with Gasteiger partial charge in [0.1, 0.15) is 16.5 Å². The first kappa shape index (κ1) is 14.2. The van der Waals surface area contributed by atoms with Gasteiger partial charge in [-0.1, -0.05) is 13.8 Å². The molecule has 0 aliphatic heterocycles. The fourth-order valence-corrected chi connectivity index (χ4v) is 3.21. The third-order valence-electron chi connectivity index (χ3n) is 3.56. The maximum atomic E-state index is 4.66. The Labute approximate surface area is 118 Å². The summed E-state index contributed by atoms with van der Waals surface area (Å²) in [5, 5.41) is 6.34. The average Bonchev–Trinajstić information content (AvgIpc) is 2.87. The van der Waals surface area contributed by atoms with Crippen molar-refractivity contribution in [1.82, 2.24) is 14.9 Å². The molecule has 2 aromatic heterocycles. The van der Waals surface area contributed by atoms with E-state index in [1.165, 1.54) is 0 Å². The largest absolute Gasteiger partial charge is 0.372 e. The highest BCUT2D eigenvalue weighted by atomic mass is 32.1. The van der Waals surface area contributed by atoms with Crippen LogP contribution in [-0.2, 0) is 6.54 Å². The number of anilines is 1. The van der Waals surface area contributed by atoms with Crippen molar-refractivity contribution >= 4 is 27.4 Å². The van der Waals surface area contributed by atoms with Gasteiger partial charge < -0.3 is 5.32 Å². The molecule has 0 spiro atoms. The third kappa shape index (κ3) is 3.04. The van der Waals surface area contributed by atoms with Gasteiger partial charge in [-0.2, -0.15) is 0 Å². The minimum Gasteiger partial charge on any atom is -0.372 e. The van der Waals surface area contributed by atoms with Gasteiger partial charge in [-0.05, 0) is 31.3 Å². The highest BCUT2D eigenvalue weighted by molar-refractivity contribution is 7.16. The van der Waals surface area contributed by atoms with Crippen LogP contribution in [0.2, 0.25) is 0 Å². The topological polar surface area (TPSA) is 41.1 Å². The van der Waals surface area contributed by atoms with Crippen LogP contribution in [0.15, 0.2) is 11.4 Å². The molecular formula is C14H22N4S. The Kier molecular flexibility index (Phi) is 4.71. The van der Waals surface area contributed by atoms with Crippen LogP contribution in [0.5, 0.6) is 0 Å². The average molecular weight is 278 g/mol. The predicted molar refractivity (Wildman–Crippen MR) is 82.8 cm³/mol. The van der Waals surface area contributed by atoms with E-state index in [-0.39, 0.29) is 0 Å². The number of thiophene rings is 1. The molecule has 0 amide bonds. The molecule has 0 aliphatic rings. The lowest BCUT2D eigenvalue weighted by Gasteiger charge is -2.25. The van der Waals surface area contributed by atoms with Gasteiger partial charge in [0.25, 0.3) is 0 Å². The Balaban J connectivity index is 2.25. The summed E-state index contributed by atoms with van der Waals surface area (Å²) in [6.45, 7) is 5.26. The van der Waals surface area contributed by atoms with E-state index in [2.05, 4.69) is 52.5 Å². The summed E-state index contributed by atoms with van der Waals surface area (Å²) in [6.07, 6.45) is 2.32. The Morgan fingerprint density at radius 3 is 2.68 bits per heavy atom. The molecule has 0 saturated carbocycles. The smallest absolute Gasteiger partial charge is 0.146 e. The normalized spacial score (nSPS) is 11.7. The minimum atomic E-state index is 0.598. The summed E-state index contributed by atoms with van der Waals surface area (Å²) in [7, 11) is 4.06. The number of hydrogen-bond donors (Lipinski definition) is 1. The zero-order valence-electron chi connectivity index (χ0n) is 12.1. The highest BCUT2D eigenvalue weighted by Gasteiger charge is 2.14. The molecule has 0 aliphatic carbocycles. The van der Waals surface area contributed by atoms with Crippen molar-refractivity contribution in [2.45, 2.75) is 39.3 Å². The Bertz CT molecular complexity index is 533. The van der Waals surface area contributed by atoms with Crippen LogP contribution in [0.25, 0.3) is 10.2 Å². The minimum absolute atomic E-state index is 0.598. The standard InChI is InChI=1S/C14H22N4S/c1-5-10(6-2)18(4)9-12-16-13(15-3)11-7-8-19-14(11)17-12/h7-8,10H,5-6,9H2,1-4H3,(H,15,16,17). The van der Waals surface area contributed by atoms with Gasteiger partial charge in [0.05, 0.1) is 11.9 Å². The fraction of sp³-hybridized carbons (Fsp3) is 0.571. The lowest BCUT2D eigenvalue weighted by atomic mass is 10.1. The first-order chi connectivity index (χ1) is 9.19. The van der Waals surface area contributed by atoms with Gasteiger partial charge in [-0.25, -0.2) is 9.97 Å². The van der Waals surface area contributed by atoms with Crippen LogP contribution in [-0.4, -0.2) is 35.0 Å². The summed E-state index contributed by atoms with van der Waals surface area (Å²) in [4.78, 5) is 12.7. The van der Waals surface area contributed by atoms with Gasteiger partial charge >= 0.3 is 0 Å². The van der Waals surface area contributed by atoms with E-state index in [9.17, 15) is 0 Å². The number of rotatable bonds is 6. The van der Waals surface area contributed by atoms with Gasteiger partial charge in [0.2, 0.25) is 0 Å². The molecule has 0 saturated heterocycles. The first-order valence-electron chi connectivity index (χ1n) is 6.81. The Hall–Kier alpha value is -1.20. The van der Waals surface area contributed by atoms with Gasteiger partial charge in [-0.3, -0.25) is 4.90 Å². The maximum absolute atomic E-state index is 4.66. The van der Waals surface area contributed by atoms with E-state index in [4.69, 9.17) is 0 Å². The zero-order chi connectivity index (χ0) is 13.8. The number of nitrogens with one attached hydrogen (secondary N) is 1. The second-order valence-corrected chi connectivity index (χ2v) is 5.66. The van der Waals surface area contributed by atoms with Crippen LogP contribution in [0.1, 0.15) is 32.5 Å². The second kappa shape index (κ2) is 6.30. The quantitative estimate of drug-likeness (QED) is 0.879. The molecular weight excluding hydrogens is 256 g/mol. The zero-order valence-corrected chi connectivity index (χ0v) is 12.9. The van der Waals surface area contributed by atoms with Crippen LogP contribution in [0.3, 0.4) is 0 Å². The number of nitrogens with zero attached hydrogens (tertiary/aromatic N) is 3. The molecule has 0 bridgehead atoms. The number of aromatic nitrogens is 2. The van der Waals surface area contributed by atoms with Gasteiger partial charge in [0, 0.05) is 13.1 Å². The summed E-state index contributed by atoms with van der Waals surface area (Å²) in [5.41, 5.74) is 0. The Morgan fingerprint density at radius 2 is 2.05 bits per heavy atom. The molecule has 0 unspecified atom stereocenters. The van der Waals surface area contributed by atoms with Gasteiger partial charge in [-0.15, -0.1) is 11.3 Å². The molecule has 2 aromatic rings. The molecule has 0 fully saturated rings. The molecule has 0 aromatic carbocycles. The molecule has 2 heterocycles. The highest BCUT2D eigenvalue weighted by Crippen LogP contribution is 2.25.